The molecule has 1 heterocycles. The Labute approximate surface area is 102 Å². The monoisotopic (exact) mass is 226 g/mol. The molecule has 0 atom stereocenters. The van der Waals surface area contributed by atoms with Crippen LogP contribution in [0.4, 0.5) is 0 Å². The van der Waals surface area contributed by atoms with E-state index in [1.165, 1.54) is 51.7 Å². The van der Waals surface area contributed by atoms with Gasteiger partial charge in [0.2, 0.25) is 0 Å². The maximum atomic E-state index is 3.48. The third-order valence-electron chi connectivity index (χ3n) is 3.45. The smallest absolute Gasteiger partial charge is 0.00448 e. The molecule has 0 aromatic heterocycles. The molecular weight excluding hydrogens is 196 g/mol. The van der Waals surface area contributed by atoms with Gasteiger partial charge in [-0.3, -0.25) is 0 Å². The largest absolute Gasteiger partial charge is 0.316 e. The molecule has 2 heteroatoms. The number of hydrogen-bond acceptors (Lipinski definition) is 2. The number of likely N-dealkylation sites (tertiary alicyclic amines) is 1. The van der Waals surface area contributed by atoms with E-state index in [9.17, 15) is 0 Å². The zero-order chi connectivity index (χ0) is 11.9. The molecule has 0 aromatic carbocycles. The number of rotatable bonds is 5. The number of hydrogen-bond donors (Lipinski definition) is 1. The minimum atomic E-state index is 0.412. The summed E-state index contributed by atoms with van der Waals surface area (Å²) in [5.74, 6) is 0. The first-order chi connectivity index (χ1) is 7.64. The summed E-state index contributed by atoms with van der Waals surface area (Å²) in [6.07, 6.45) is 7.12. The first-order valence-electron chi connectivity index (χ1n) is 7.07. The topological polar surface area (TPSA) is 15.3 Å². The quantitative estimate of drug-likeness (QED) is 0.775. The molecule has 2 nitrogen and oxygen atoms in total. The summed E-state index contributed by atoms with van der Waals surface area (Å²) < 4.78 is 0. The SMILES string of the molecule is CCNCC(C)(C)CN1CCCCCCC1. The predicted molar refractivity (Wildman–Crippen MR) is 71.8 cm³/mol. The Morgan fingerprint density at radius 3 is 2.12 bits per heavy atom. The van der Waals surface area contributed by atoms with Gasteiger partial charge in [-0.15, -0.1) is 0 Å². The molecular formula is C14H30N2. The van der Waals surface area contributed by atoms with Crippen LogP contribution in [0, 0.1) is 5.41 Å². The van der Waals surface area contributed by atoms with E-state index in [4.69, 9.17) is 0 Å². The highest BCUT2D eigenvalue weighted by Gasteiger charge is 2.21. The lowest BCUT2D eigenvalue weighted by molar-refractivity contribution is 0.163. The van der Waals surface area contributed by atoms with Crippen LogP contribution in [0.5, 0.6) is 0 Å². The Morgan fingerprint density at radius 1 is 1.00 bits per heavy atom. The van der Waals surface area contributed by atoms with Crippen molar-refractivity contribution in [3.63, 3.8) is 0 Å². The van der Waals surface area contributed by atoms with Crippen molar-refractivity contribution in [2.45, 2.75) is 52.9 Å². The van der Waals surface area contributed by atoms with Crippen LogP contribution in [-0.4, -0.2) is 37.6 Å². The fourth-order valence-corrected chi connectivity index (χ4v) is 2.60. The normalized spacial score (nSPS) is 20.4. The van der Waals surface area contributed by atoms with E-state index >= 15 is 0 Å². The lowest BCUT2D eigenvalue weighted by atomic mass is 9.92. The molecule has 0 unspecified atom stereocenters. The molecule has 1 aliphatic heterocycles. The highest BCUT2D eigenvalue weighted by atomic mass is 15.1. The van der Waals surface area contributed by atoms with Gasteiger partial charge in [0.15, 0.2) is 0 Å². The molecule has 96 valence electrons. The van der Waals surface area contributed by atoms with Crippen molar-refractivity contribution in [1.29, 1.82) is 0 Å². The average molecular weight is 226 g/mol. The van der Waals surface area contributed by atoms with Crippen molar-refractivity contribution in [2.75, 3.05) is 32.7 Å². The van der Waals surface area contributed by atoms with Gasteiger partial charge < -0.3 is 10.2 Å². The Balaban J connectivity index is 2.31. The zero-order valence-electron chi connectivity index (χ0n) is 11.5. The van der Waals surface area contributed by atoms with Gasteiger partial charge in [-0.05, 0) is 37.9 Å². The number of nitrogens with zero attached hydrogens (tertiary/aromatic N) is 1. The van der Waals surface area contributed by atoms with E-state index in [0.717, 1.165) is 13.1 Å². The van der Waals surface area contributed by atoms with Crippen molar-refractivity contribution >= 4 is 0 Å². The Morgan fingerprint density at radius 2 is 1.56 bits per heavy atom. The van der Waals surface area contributed by atoms with Gasteiger partial charge in [0.1, 0.15) is 0 Å². The summed E-state index contributed by atoms with van der Waals surface area (Å²) in [6, 6.07) is 0. The average Bonchev–Trinajstić information content (AvgIpc) is 2.19. The molecule has 0 bridgehead atoms. The Kier molecular flexibility index (Phi) is 6.37. The molecule has 16 heavy (non-hydrogen) atoms. The van der Waals surface area contributed by atoms with E-state index < -0.39 is 0 Å². The van der Waals surface area contributed by atoms with Crippen molar-refractivity contribution in [1.82, 2.24) is 10.2 Å². The van der Waals surface area contributed by atoms with E-state index in [-0.39, 0.29) is 0 Å². The molecule has 1 aliphatic rings. The minimum absolute atomic E-state index is 0.412. The summed E-state index contributed by atoms with van der Waals surface area (Å²) in [5.41, 5.74) is 0.412. The molecule has 0 spiro atoms. The fraction of sp³-hybridized carbons (Fsp3) is 1.00. The van der Waals surface area contributed by atoms with E-state index in [1.54, 1.807) is 0 Å². The van der Waals surface area contributed by atoms with Gasteiger partial charge in [-0.1, -0.05) is 40.0 Å². The molecule has 0 aromatic rings. The molecule has 1 rings (SSSR count). The predicted octanol–water partition coefficient (Wildman–Crippen LogP) is 2.89. The molecule has 1 fully saturated rings. The molecule has 0 radical (unpaired) electrons. The van der Waals surface area contributed by atoms with Crippen LogP contribution in [0.15, 0.2) is 0 Å². The summed E-state index contributed by atoms with van der Waals surface area (Å²) in [4.78, 5) is 2.68. The van der Waals surface area contributed by atoms with Crippen molar-refractivity contribution in [3.8, 4) is 0 Å². The molecule has 0 amide bonds. The van der Waals surface area contributed by atoms with Crippen molar-refractivity contribution < 1.29 is 0 Å². The van der Waals surface area contributed by atoms with Crippen LogP contribution in [0.25, 0.3) is 0 Å². The Bertz CT molecular complexity index is 170. The molecule has 0 aliphatic carbocycles. The first kappa shape index (κ1) is 14.0. The van der Waals surface area contributed by atoms with Gasteiger partial charge in [0.05, 0.1) is 0 Å². The van der Waals surface area contributed by atoms with Crippen LogP contribution in [0.2, 0.25) is 0 Å². The van der Waals surface area contributed by atoms with Crippen molar-refractivity contribution in [2.24, 2.45) is 5.41 Å². The number of nitrogens with one attached hydrogen (secondary N) is 1. The van der Waals surface area contributed by atoms with Gasteiger partial charge >= 0.3 is 0 Å². The lowest BCUT2D eigenvalue weighted by Crippen LogP contribution is -2.41. The second-order valence-corrected chi connectivity index (χ2v) is 5.99. The Hall–Kier alpha value is -0.0800. The van der Waals surface area contributed by atoms with Gasteiger partial charge in [-0.2, -0.15) is 0 Å². The van der Waals surface area contributed by atoms with Crippen LogP contribution in [0.1, 0.15) is 52.9 Å². The van der Waals surface area contributed by atoms with Crippen LogP contribution in [0.3, 0.4) is 0 Å². The van der Waals surface area contributed by atoms with Gasteiger partial charge in [0.25, 0.3) is 0 Å². The van der Waals surface area contributed by atoms with Crippen LogP contribution >= 0.6 is 0 Å². The van der Waals surface area contributed by atoms with Crippen LogP contribution < -0.4 is 5.32 Å². The third-order valence-corrected chi connectivity index (χ3v) is 3.45. The molecule has 1 N–H and O–H groups in total. The second-order valence-electron chi connectivity index (χ2n) is 5.99. The van der Waals surface area contributed by atoms with Gasteiger partial charge in [-0.25, -0.2) is 0 Å². The molecule has 1 saturated heterocycles. The fourth-order valence-electron chi connectivity index (χ4n) is 2.60. The summed E-state index contributed by atoms with van der Waals surface area (Å²) in [7, 11) is 0. The minimum Gasteiger partial charge on any atom is -0.316 e. The maximum absolute atomic E-state index is 3.48. The standard InChI is InChI=1S/C14H30N2/c1-4-15-12-14(2,3)13-16-10-8-6-5-7-9-11-16/h15H,4-13H2,1-3H3. The summed E-state index contributed by atoms with van der Waals surface area (Å²) >= 11 is 0. The maximum Gasteiger partial charge on any atom is 0.00448 e. The summed E-state index contributed by atoms with van der Waals surface area (Å²) in [6.45, 7) is 13.1. The van der Waals surface area contributed by atoms with Crippen molar-refractivity contribution in [3.05, 3.63) is 0 Å². The molecule has 0 saturated carbocycles. The highest BCUT2D eigenvalue weighted by molar-refractivity contribution is 4.77. The summed E-state index contributed by atoms with van der Waals surface area (Å²) in [5, 5.41) is 3.48. The lowest BCUT2D eigenvalue weighted by Gasteiger charge is -2.34. The van der Waals surface area contributed by atoms with Gasteiger partial charge in [0, 0.05) is 13.1 Å². The van der Waals surface area contributed by atoms with Crippen LogP contribution in [-0.2, 0) is 0 Å². The van der Waals surface area contributed by atoms with E-state index in [2.05, 4.69) is 31.0 Å². The second kappa shape index (κ2) is 7.29. The first-order valence-corrected chi connectivity index (χ1v) is 7.07. The third kappa shape index (κ3) is 5.86. The van der Waals surface area contributed by atoms with E-state index in [0.29, 0.717) is 5.41 Å². The van der Waals surface area contributed by atoms with E-state index in [1.807, 2.05) is 0 Å². The highest BCUT2D eigenvalue weighted by Crippen LogP contribution is 2.18. The zero-order valence-corrected chi connectivity index (χ0v) is 11.5.